The number of aliphatic hydroxyl groups is 1. The van der Waals surface area contributed by atoms with Crippen LogP contribution < -0.4 is 0 Å². The number of hydrogen-bond donors (Lipinski definition) is 1. The van der Waals surface area contributed by atoms with E-state index in [1.54, 1.807) is 23.4 Å². The fourth-order valence-corrected chi connectivity index (χ4v) is 2.35. The smallest absolute Gasteiger partial charge is 0.255 e. The zero-order chi connectivity index (χ0) is 11.5. The molecule has 1 aliphatic heterocycles. The summed E-state index contributed by atoms with van der Waals surface area (Å²) in [6.45, 7) is 0.754. The summed E-state index contributed by atoms with van der Waals surface area (Å²) in [5, 5.41) is 9.17. The molecule has 4 nitrogen and oxygen atoms in total. The number of aliphatic hydroxyl groups excluding tert-OH is 1. The molecular formula is C11H13BrN2O2. The Morgan fingerprint density at radius 3 is 3.12 bits per heavy atom. The lowest BCUT2D eigenvalue weighted by Gasteiger charge is -2.22. The molecule has 86 valence electrons. The van der Waals surface area contributed by atoms with Gasteiger partial charge in [0.2, 0.25) is 0 Å². The van der Waals surface area contributed by atoms with Gasteiger partial charge in [-0.05, 0) is 34.8 Å². The highest BCUT2D eigenvalue weighted by Gasteiger charge is 2.28. The van der Waals surface area contributed by atoms with Crippen molar-refractivity contribution in [1.29, 1.82) is 0 Å². The summed E-state index contributed by atoms with van der Waals surface area (Å²) in [7, 11) is 0. The molecule has 1 aliphatic rings. The minimum absolute atomic E-state index is 0.0349. The highest BCUT2D eigenvalue weighted by Crippen LogP contribution is 2.20. The predicted molar refractivity (Wildman–Crippen MR) is 63.1 cm³/mol. The average Bonchev–Trinajstić information content (AvgIpc) is 2.76. The van der Waals surface area contributed by atoms with Crippen molar-refractivity contribution >= 4 is 21.8 Å². The van der Waals surface area contributed by atoms with Gasteiger partial charge in [0.1, 0.15) is 0 Å². The van der Waals surface area contributed by atoms with Crippen LogP contribution in [0.2, 0.25) is 0 Å². The standard InChI is InChI=1S/C11H13BrN2O2/c12-9-4-8(5-13-6-9)11(16)14-3-1-2-10(14)7-15/h4-6,10,15H,1-3,7H2/t10-/m1/s1. The van der Waals surface area contributed by atoms with E-state index in [0.717, 1.165) is 23.9 Å². The summed E-state index contributed by atoms with van der Waals surface area (Å²) in [4.78, 5) is 17.8. The number of likely N-dealkylation sites (tertiary alicyclic amines) is 1. The Balaban J connectivity index is 2.18. The molecule has 5 heteroatoms. The molecule has 0 bridgehead atoms. The third-order valence-corrected chi connectivity index (χ3v) is 3.23. The number of nitrogens with zero attached hydrogens (tertiary/aromatic N) is 2. The molecular weight excluding hydrogens is 272 g/mol. The Kier molecular flexibility index (Phi) is 3.56. The number of halogens is 1. The van der Waals surface area contributed by atoms with Crippen LogP contribution in [0.3, 0.4) is 0 Å². The average molecular weight is 285 g/mol. The van der Waals surface area contributed by atoms with Crippen molar-refractivity contribution in [2.24, 2.45) is 0 Å². The van der Waals surface area contributed by atoms with Gasteiger partial charge in [0, 0.05) is 23.4 Å². The van der Waals surface area contributed by atoms with Crippen LogP contribution in [0, 0.1) is 0 Å². The van der Waals surface area contributed by atoms with E-state index in [9.17, 15) is 4.79 Å². The summed E-state index contributed by atoms with van der Waals surface area (Å²) < 4.78 is 0.790. The first-order chi connectivity index (χ1) is 7.72. The van der Waals surface area contributed by atoms with Crippen molar-refractivity contribution in [2.45, 2.75) is 18.9 Å². The molecule has 1 fully saturated rings. The van der Waals surface area contributed by atoms with Crippen LogP contribution in [-0.4, -0.2) is 40.1 Å². The third-order valence-electron chi connectivity index (χ3n) is 2.80. The molecule has 0 saturated carbocycles. The minimum Gasteiger partial charge on any atom is -0.394 e. The largest absolute Gasteiger partial charge is 0.394 e. The van der Waals surface area contributed by atoms with Crippen LogP contribution in [0.4, 0.5) is 0 Å². The maximum Gasteiger partial charge on any atom is 0.255 e. The number of carbonyl (C=O) groups excluding carboxylic acids is 1. The van der Waals surface area contributed by atoms with Crippen molar-refractivity contribution in [2.75, 3.05) is 13.2 Å². The second-order valence-electron chi connectivity index (χ2n) is 3.87. The fourth-order valence-electron chi connectivity index (χ4n) is 1.99. The zero-order valence-corrected chi connectivity index (χ0v) is 10.4. The van der Waals surface area contributed by atoms with Gasteiger partial charge in [-0.1, -0.05) is 0 Å². The summed E-state index contributed by atoms with van der Waals surface area (Å²) in [5.41, 5.74) is 0.565. The van der Waals surface area contributed by atoms with Gasteiger partial charge in [0.05, 0.1) is 18.2 Å². The molecule has 0 unspecified atom stereocenters. The Morgan fingerprint density at radius 1 is 1.62 bits per heavy atom. The molecule has 0 aliphatic carbocycles. The lowest BCUT2D eigenvalue weighted by atomic mass is 10.2. The van der Waals surface area contributed by atoms with Gasteiger partial charge in [-0.25, -0.2) is 0 Å². The van der Waals surface area contributed by atoms with Gasteiger partial charge in [-0.15, -0.1) is 0 Å². The van der Waals surface area contributed by atoms with E-state index < -0.39 is 0 Å². The molecule has 0 spiro atoms. The number of pyridine rings is 1. The quantitative estimate of drug-likeness (QED) is 0.894. The molecule has 1 N–H and O–H groups in total. The van der Waals surface area contributed by atoms with Crippen molar-refractivity contribution in [3.63, 3.8) is 0 Å². The van der Waals surface area contributed by atoms with Gasteiger partial charge in [0.25, 0.3) is 5.91 Å². The SMILES string of the molecule is O=C(c1cncc(Br)c1)N1CCC[C@@H]1CO. The Morgan fingerprint density at radius 2 is 2.44 bits per heavy atom. The van der Waals surface area contributed by atoms with Crippen LogP contribution in [-0.2, 0) is 0 Å². The fraction of sp³-hybridized carbons (Fsp3) is 0.455. The zero-order valence-electron chi connectivity index (χ0n) is 8.77. The van der Waals surface area contributed by atoms with Crippen LogP contribution in [0.5, 0.6) is 0 Å². The van der Waals surface area contributed by atoms with E-state index in [4.69, 9.17) is 5.11 Å². The first-order valence-electron chi connectivity index (χ1n) is 5.24. The molecule has 2 rings (SSSR count). The van der Waals surface area contributed by atoms with Crippen molar-refractivity contribution < 1.29 is 9.90 Å². The van der Waals surface area contributed by atoms with Crippen molar-refractivity contribution in [3.05, 3.63) is 28.5 Å². The molecule has 2 heterocycles. The van der Waals surface area contributed by atoms with E-state index in [2.05, 4.69) is 20.9 Å². The van der Waals surface area contributed by atoms with Crippen molar-refractivity contribution in [1.82, 2.24) is 9.88 Å². The number of hydrogen-bond acceptors (Lipinski definition) is 3. The monoisotopic (exact) mass is 284 g/mol. The second kappa shape index (κ2) is 4.93. The molecule has 1 atom stereocenters. The van der Waals surface area contributed by atoms with E-state index in [-0.39, 0.29) is 18.6 Å². The Labute approximate surface area is 102 Å². The number of rotatable bonds is 2. The summed E-state index contributed by atoms with van der Waals surface area (Å²) >= 11 is 3.29. The summed E-state index contributed by atoms with van der Waals surface area (Å²) in [6, 6.07) is 1.72. The van der Waals surface area contributed by atoms with Gasteiger partial charge in [-0.2, -0.15) is 0 Å². The van der Waals surface area contributed by atoms with Gasteiger partial charge < -0.3 is 10.0 Å². The summed E-state index contributed by atoms with van der Waals surface area (Å²) in [5.74, 6) is -0.0506. The Bertz CT molecular complexity index is 397. The first kappa shape index (κ1) is 11.5. The topological polar surface area (TPSA) is 53.4 Å². The molecule has 1 saturated heterocycles. The molecule has 0 aromatic carbocycles. The number of aromatic nitrogens is 1. The van der Waals surface area contributed by atoms with Gasteiger partial charge in [-0.3, -0.25) is 9.78 Å². The highest BCUT2D eigenvalue weighted by molar-refractivity contribution is 9.10. The van der Waals surface area contributed by atoms with E-state index in [1.807, 2.05) is 0 Å². The molecule has 1 aromatic rings. The van der Waals surface area contributed by atoms with E-state index >= 15 is 0 Å². The molecule has 16 heavy (non-hydrogen) atoms. The highest BCUT2D eigenvalue weighted by atomic mass is 79.9. The number of carbonyl (C=O) groups is 1. The molecule has 1 aromatic heterocycles. The third kappa shape index (κ3) is 2.25. The minimum atomic E-state index is -0.0506. The van der Waals surface area contributed by atoms with Crippen LogP contribution in [0.1, 0.15) is 23.2 Å². The first-order valence-corrected chi connectivity index (χ1v) is 6.04. The maximum atomic E-state index is 12.1. The van der Waals surface area contributed by atoms with Crippen LogP contribution >= 0.6 is 15.9 Å². The van der Waals surface area contributed by atoms with Gasteiger partial charge in [0.15, 0.2) is 0 Å². The normalized spacial score (nSPS) is 20.1. The lowest BCUT2D eigenvalue weighted by molar-refractivity contribution is 0.0677. The van der Waals surface area contributed by atoms with Gasteiger partial charge >= 0.3 is 0 Å². The molecule has 0 radical (unpaired) electrons. The van der Waals surface area contributed by atoms with Crippen LogP contribution in [0.25, 0.3) is 0 Å². The molecule has 1 amide bonds. The lowest BCUT2D eigenvalue weighted by Crippen LogP contribution is -2.37. The maximum absolute atomic E-state index is 12.1. The Hall–Kier alpha value is -0.940. The van der Waals surface area contributed by atoms with Crippen molar-refractivity contribution in [3.8, 4) is 0 Å². The second-order valence-corrected chi connectivity index (χ2v) is 4.78. The number of amides is 1. The van der Waals surface area contributed by atoms with E-state index in [1.165, 1.54) is 0 Å². The van der Waals surface area contributed by atoms with Crippen LogP contribution in [0.15, 0.2) is 22.9 Å². The predicted octanol–water partition coefficient (Wildman–Crippen LogP) is 1.44. The van der Waals surface area contributed by atoms with E-state index in [0.29, 0.717) is 5.56 Å². The summed E-state index contributed by atoms with van der Waals surface area (Å²) in [6.07, 6.45) is 5.03.